The average Bonchev–Trinajstić information content (AvgIpc) is 2.83. The van der Waals surface area contributed by atoms with Gasteiger partial charge in [0, 0.05) is 11.8 Å². The molecule has 4 aliphatic carbocycles. The summed E-state index contributed by atoms with van der Waals surface area (Å²) in [7, 11) is 0. The molecule has 26 heavy (non-hydrogen) atoms. The molecule has 0 bridgehead atoms. The summed E-state index contributed by atoms with van der Waals surface area (Å²) >= 11 is 0. The quantitative estimate of drug-likeness (QED) is 0.719. The highest BCUT2D eigenvalue weighted by Gasteiger charge is 2.61. The molecule has 0 unspecified atom stereocenters. The van der Waals surface area contributed by atoms with Crippen LogP contribution in [-0.4, -0.2) is 23.2 Å². The van der Waals surface area contributed by atoms with Gasteiger partial charge >= 0.3 is 6.18 Å². The van der Waals surface area contributed by atoms with Gasteiger partial charge in [0.1, 0.15) is 0 Å². The predicted molar refractivity (Wildman–Crippen MR) is 92.2 cm³/mol. The largest absolute Gasteiger partial charge is 0.393 e. The van der Waals surface area contributed by atoms with Gasteiger partial charge in [-0.3, -0.25) is 4.79 Å². The summed E-state index contributed by atoms with van der Waals surface area (Å²) in [5.74, 6) is -0.407. The Hall–Kier alpha value is -1.10. The van der Waals surface area contributed by atoms with Crippen molar-refractivity contribution in [3.05, 3.63) is 23.8 Å². The van der Waals surface area contributed by atoms with E-state index in [-0.39, 0.29) is 34.4 Å². The Morgan fingerprint density at radius 3 is 2.62 bits per heavy atom. The number of rotatable bonds is 1. The Labute approximate surface area is 152 Å². The molecular weight excluding hydrogens is 341 g/mol. The SMILES string of the molecule is C[C@]12CC[C@H]3[C@@H]([C@H](CC(F)(F)F)CC4=CC(=O)C=C[C@@]43C)[C@@H]1CC[C@@H]2O. The van der Waals surface area contributed by atoms with Crippen molar-refractivity contribution in [2.75, 3.05) is 0 Å². The fraction of sp³-hybridized carbons (Fsp3) is 0.762. The van der Waals surface area contributed by atoms with Crippen LogP contribution in [0.1, 0.15) is 52.4 Å². The third-order valence-corrected chi connectivity index (χ3v) is 8.18. The third-order valence-electron chi connectivity index (χ3n) is 8.18. The summed E-state index contributed by atoms with van der Waals surface area (Å²) in [6.07, 6.45) is 3.22. The second-order valence-corrected chi connectivity index (χ2v) is 9.40. The standard InChI is InChI=1S/C21H27F3O2/c1-19-7-5-14(25)10-13(19)9-12(11-21(22,23)24)18-15-3-4-17(26)20(15,2)8-6-16(18)19/h5,7,10,12,15-18,26H,3-4,6,8-9,11H2,1-2H3/t12-,15-,16-,17-,18-,19-,20-/m0/s1. The number of aliphatic hydroxyl groups is 1. The van der Waals surface area contributed by atoms with Crippen LogP contribution in [0.15, 0.2) is 23.8 Å². The minimum absolute atomic E-state index is 0.0486. The number of carbonyl (C=O) groups excluding carboxylic acids is 1. The van der Waals surface area contributed by atoms with Crippen LogP contribution in [0.2, 0.25) is 0 Å². The lowest BCUT2D eigenvalue weighted by molar-refractivity contribution is -0.166. The zero-order chi connectivity index (χ0) is 18.9. The molecule has 0 aliphatic heterocycles. The van der Waals surface area contributed by atoms with Crippen LogP contribution in [0.3, 0.4) is 0 Å². The van der Waals surface area contributed by atoms with Crippen LogP contribution in [0.5, 0.6) is 0 Å². The van der Waals surface area contributed by atoms with Crippen molar-refractivity contribution in [1.29, 1.82) is 0 Å². The maximum atomic E-state index is 13.4. The number of alkyl halides is 3. The summed E-state index contributed by atoms with van der Waals surface area (Å²) < 4.78 is 40.1. The molecule has 0 amide bonds. The number of halogens is 3. The highest BCUT2D eigenvalue weighted by Crippen LogP contribution is 2.66. The smallest absolute Gasteiger partial charge is 0.389 e. The second-order valence-electron chi connectivity index (χ2n) is 9.40. The summed E-state index contributed by atoms with van der Waals surface area (Å²) in [6.45, 7) is 4.17. The molecule has 0 radical (unpaired) electrons. The van der Waals surface area contributed by atoms with Gasteiger partial charge in [-0.05, 0) is 73.3 Å². The summed E-state index contributed by atoms with van der Waals surface area (Å²) in [6, 6.07) is 0. The maximum Gasteiger partial charge on any atom is 0.389 e. The molecule has 0 spiro atoms. The minimum atomic E-state index is -4.21. The molecule has 0 saturated heterocycles. The Kier molecular flexibility index (Phi) is 4.00. The van der Waals surface area contributed by atoms with E-state index in [2.05, 4.69) is 13.8 Å². The van der Waals surface area contributed by atoms with Crippen LogP contribution in [0.25, 0.3) is 0 Å². The number of fused-ring (bicyclic) bond motifs is 5. The van der Waals surface area contributed by atoms with Crippen molar-refractivity contribution in [2.45, 2.75) is 64.7 Å². The molecule has 2 nitrogen and oxygen atoms in total. The first-order valence-electron chi connectivity index (χ1n) is 9.74. The number of ketones is 1. The first-order valence-corrected chi connectivity index (χ1v) is 9.74. The van der Waals surface area contributed by atoms with Crippen molar-refractivity contribution < 1.29 is 23.1 Å². The van der Waals surface area contributed by atoms with Crippen molar-refractivity contribution in [3.8, 4) is 0 Å². The van der Waals surface area contributed by atoms with Crippen molar-refractivity contribution in [2.24, 2.45) is 34.5 Å². The summed E-state index contributed by atoms with van der Waals surface area (Å²) in [5, 5.41) is 10.5. The molecule has 0 aromatic rings. The van der Waals surface area contributed by atoms with E-state index in [9.17, 15) is 23.1 Å². The Morgan fingerprint density at radius 1 is 1.19 bits per heavy atom. The van der Waals surface area contributed by atoms with Gasteiger partial charge < -0.3 is 5.11 Å². The Morgan fingerprint density at radius 2 is 1.92 bits per heavy atom. The van der Waals surface area contributed by atoms with Crippen molar-refractivity contribution >= 4 is 5.78 Å². The lowest BCUT2D eigenvalue weighted by Crippen LogP contribution is -2.54. The van der Waals surface area contributed by atoms with Crippen LogP contribution >= 0.6 is 0 Å². The number of aliphatic hydroxyl groups excluding tert-OH is 1. The zero-order valence-electron chi connectivity index (χ0n) is 15.4. The van der Waals surface area contributed by atoms with Gasteiger partial charge in [-0.1, -0.05) is 25.5 Å². The molecule has 144 valence electrons. The summed E-state index contributed by atoms with van der Waals surface area (Å²) in [5.41, 5.74) is 0.287. The number of hydrogen-bond acceptors (Lipinski definition) is 2. The van der Waals surface area contributed by atoms with E-state index in [4.69, 9.17) is 0 Å². The van der Waals surface area contributed by atoms with Gasteiger partial charge in [-0.15, -0.1) is 0 Å². The number of allylic oxidation sites excluding steroid dienone is 4. The maximum absolute atomic E-state index is 13.4. The molecule has 1 N–H and O–H groups in total. The third kappa shape index (κ3) is 2.61. The van der Waals surface area contributed by atoms with E-state index in [1.54, 1.807) is 12.2 Å². The van der Waals surface area contributed by atoms with Gasteiger partial charge in [0.25, 0.3) is 0 Å². The summed E-state index contributed by atoms with van der Waals surface area (Å²) in [4.78, 5) is 11.9. The van der Waals surface area contributed by atoms with Crippen molar-refractivity contribution in [1.82, 2.24) is 0 Å². The zero-order valence-corrected chi connectivity index (χ0v) is 15.4. The predicted octanol–water partition coefficient (Wildman–Crippen LogP) is 4.83. The fourth-order valence-corrected chi connectivity index (χ4v) is 6.83. The van der Waals surface area contributed by atoms with Crippen molar-refractivity contribution in [3.63, 3.8) is 0 Å². The van der Waals surface area contributed by atoms with E-state index in [0.717, 1.165) is 24.8 Å². The topological polar surface area (TPSA) is 37.3 Å². The van der Waals surface area contributed by atoms with E-state index in [1.807, 2.05) is 6.08 Å². The van der Waals surface area contributed by atoms with Crippen LogP contribution in [0.4, 0.5) is 13.2 Å². The van der Waals surface area contributed by atoms with Crippen LogP contribution in [0, 0.1) is 34.5 Å². The molecule has 3 saturated carbocycles. The molecule has 5 heteroatoms. The van der Waals surface area contributed by atoms with Gasteiger partial charge in [0.05, 0.1) is 6.10 Å². The van der Waals surface area contributed by atoms with E-state index in [1.165, 1.54) is 0 Å². The van der Waals surface area contributed by atoms with E-state index < -0.39 is 24.6 Å². The van der Waals surface area contributed by atoms with Crippen LogP contribution in [-0.2, 0) is 4.79 Å². The molecule has 4 rings (SSSR count). The van der Waals surface area contributed by atoms with Gasteiger partial charge in [-0.2, -0.15) is 13.2 Å². The fourth-order valence-electron chi connectivity index (χ4n) is 6.83. The monoisotopic (exact) mass is 368 g/mol. The van der Waals surface area contributed by atoms with E-state index >= 15 is 0 Å². The molecule has 0 aromatic heterocycles. The lowest BCUT2D eigenvalue weighted by atomic mass is 9.45. The molecule has 0 heterocycles. The normalized spacial score (nSPS) is 47.8. The average molecular weight is 368 g/mol. The highest BCUT2D eigenvalue weighted by atomic mass is 19.4. The molecule has 3 fully saturated rings. The van der Waals surface area contributed by atoms with E-state index in [0.29, 0.717) is 12.8 Å². The Bertz CT molecular complexity index is 679. The number of hydrogen-bond donors (Lipinski definition) is 1. The lowest BCUT2D eigenvalue weighted by Gasteiger charge is -2.59. The van der Waals surface area contributed by atoms with Gasteiger partial charge in [0.2, 0.25) is 0 Å². The number of carbonyl (C=O) groups is 1. The highest BCUT2D eigenvalue weighted by molar-refractivity contribution is 6.01. The second kappa shape index (κ2) is 5.70. The first kappa shape index (κ1) is 18.3. The van der Waals surface area contributed by atoms with Gasteiger partial charge in [0.15, 0.2) is 5.78 Å². The Balaban J connectivity index is 1.77. The molecular formula is C21H27F3O2. The minimum Gasteiger partial charge on any atom is -0.393 e. The molecule has 0 aromatic carbocycles. The molecule has 7 atom stereocenters. The first-order chi connectivity index (χ1) is 12.0. The van der Waals surface area contributed by atoms with Crippen LogP contribution < -0.4 is 0 Å². The van der Waals surface area contributed by atoms with Gasteiger partial charge in [-0.25, -0.2) is 0 Å². The molecule has 4 aliphatic rings.